The quantitative estimate of drug-likeness (QED) is 0.313. The minimum Gasteiger partial charge on any atom is -0.325 e. The molecule has 0 radical (unpaired) electrons. The van der Waals surface area contributed by atoms with Crippen LogP contribution < -0.4 is 10.7 Å². The largest absolute Gasteiger partial charge is 0.325 e. The summed E-state index contributed by atoms with van der Waals surface area (Å²) in [6, 6.07) is 23.4. The zero-order valence-corrected chi connectivity index (χ0v) is 17.0. The average molecular weight is 415 g/mol. The van der Waals surface area contributed by atoms with Gasteiger partial charge in [0.05, 0.1) is 16.9 Å². The molecule has 0 saturated heterocycles. The summed E-state index contributed by atoms with van der Waals surface area (Å²) in [5.41, 5.74) is 6.83. The highest BCUT2D eigenvalue weighted by atomic mass is 35.5. The number of nitrogens with zero attached hydrogens (tertiary/aromatic N) is 4. The first kappa shape index (κ1) is 19.5. The zero-order valence-electron chi connectivity index (χ0n) is 16.2. The number of anilines is 3. The summed E-state index contributed by atoms with van der Waals surface area (Å²) in [5, 5.41) is 8.03. The Balaban J connectivity index is 1.61. The summed E-state index contributed by atoms with van der Waals surface area (Å²) in [5.74, 6) is 1.59. The normalized spacial score (nSPS) is 10.9. The van der Waals surface area contributed by atoms with Gasteiger partial charge in [0.15, 0.2) is 0 Å². The summed E-state index contributed by atoms with van der Waals surface area (Å²) < 4.78 is 0. The topological polar surface area (TPSA) is 75.1 Å². The van der Waals surface area contributed by atoms with Gasteiger partial charge < -0.3 is 5.32 Å². The van der Waals surface area contributed by atoms with Crippen LogP contribution in [0.1, 0.15) is 11.1 Å². The standard InChI is InChI=1S/C23H19ClN6/c1-16-7-9-17(10-8-16)14-26-30-23-27-20(18-5-3-2-4-6-18)13-22(29-23)28-21-12-11-19(24)15-25-21/h2-15H,1H3,(H2,25,27,28,29,30). The van der Waals surface area contributed by atoms with E-state index in [1.54, 1.807) is 24.5 Å². The smallest absolute Gasteiger partial charge is 0.246 e. The molecule has 0 aliphatic heterocycles. The second-order valence-corrected chi connectivity index (χ2v) is 7.03. The number of hydrogen-bond donors (Lipinski definition) is 2. The van der Waals surface area contributed by atoms with E-state index < -0.39 is 0 Å². The van der Waals surface area contributed by atoms with Gasteiger partial charge in [0, 0.05) is 17.8 Å². The molecule has 0 amide bonds. The average Bonchev–Trinajstić information content (AvgIpc) is 2.77. The SMILES string of the molecule is Cc1ccc(C=NNc2nc(Nc3ccc(Cl)cn3)cc(-c3ccccc3)n2)cc1. The maximum atomic E-state index is 5.92. The molecule has 7 heteroatoms. The lowest BCUT2D eigenvalue weighted by atomic mass is 10.1. The van der Waals surface area contributed by atoms with Gasteiger partial charge in [-0.1, -0.05) is 71.8 Å². The molecule has 2 N–H and O–H groups in total. The first-order chi connectivity index (χ1) is 14.7. The van der Waals surface area contributed by atoms with Crippen molar-refractivity contribution in [1.29, 1.82) is 0 Å². The van der Waals surface area contributed by atoms with Crippen LogP contribution in [-0.4, -0.2) is 21.2 Å². The lowest BCUT2D eigenvalue weighted by Gasteiger charge is -2.09. The van der Waals surface area contributed by atoms with Gasteiger partial charge in [-0.3, -0.25) is 0 Å². The molecule has 0 atom stereocenters. The Morgan fingerprint density at radius 1 is 0.900 bits per heavy atom. The van der Waals surface area contributed by atoms with E-state index in [0.29, 0.717) is 22.6 Å². The Morgan fingerprint density at radius 2 is 1.70 bits per heavy atom. The summed E-state index contributed by atoms with van der Waals surface area (Å²) in [6.45, 7) is 2.05. The van der Waals surface area contributed by atoms with Gasteiger partial charge in [-0.05, 0) is 24.6 Å². The van der Waals surface area contributed by atoms with Crippen molar-refractivity contribution in [2.24, 2.45) is 5.10 Å². The fraction of sp³-hybridized carbons (Fsp3) is 0.0435. The van der Waals surface area contributed by atoms with Gasteiger partial charge in [0.2, 0.25) is 5.95 Å². The number of pyridine rings is 1. The lowest BCUT2D eigenvalue weighted by Crippen LogP contribution is -2.03. The number of rotatable bonds is 6. The van der Waals surface area contributed by atoms with E-state index in [0.717, 1.165) is 16.8 Å². The fourth-order valence-corrected chi connectivity index (χ4v) is 2.83. The maximum absolute atomic E-state index is 5.92. The molecule has 4 rings (SSSR count). The van der Waals surface area contributed by atoms with Gasteiger partial charge in [0.1, 0.15) is 11.6 Å². The number of aromatic nitrogens is 3. The van der Waals surface area contributed by atoms with Gasteiger partial charge in [-0.25, -0.2) is 15.4 Å². The molecule has 0 aliphatic carbocycles. The van der Waals surface area contributed by atoms with Crippen molar-refractivity contribution in [2.45, 2.75) is 6.92 Å². The van der Waals surface area contributed by atoms with Gasteiger partial charge in [-0.2, -0.15) is 10.1 Å². The van der Waals surface area contributed by atoms with E-state index >= 15 is 0 Å². The Bertz CT molecular complexity index is 1140. The van der Waals surface area contributed by atoms with Crippen molar-refractivity contribution in [3.05, 3.63) is 95.1 Å². The maximum Gasteiger partial charge on any atom is 0.246 e. The Kier molecular flexibility index (Phi) is 5.96. The molecule has 2 aromatic heterocycles. The van der Waals surface area contributed by atoms with Crippen molar-refractivity contribution < 1.29 is 0 Å². The molecular weight excluding hydrogens is 396 g/mol. The van der Waals surface area contributed by atoms with Crippen LogP contribution in [0.5, 0.6) is 0 Å². The molecule has 0 aliphatic rings. The molecular formula is C23H19ClN6. The Hall–Kier alpha value is -3.77. The van der Waals surface area contributed by atoms with Crippen molar-refractivity contribution >= 4 is 35.4 Å². The van der Waals surface area contributed by atoms with E-state index in [-0.39, 0.29) is 0 Å². The number of aryl methyl sites for hydroxylation is 1. The lowest BCUT2D eigenvalue weighted by molar-refractivity contribution is 1.12. The first-order valence-electron chi connectivity index (χ1n) is 9.34. The van der Waals surface area contributed by atoms with E-state index in [1.807, 2.05) is 67.6 Å². The third-order valence-electron chi connectivity index (χ3n) is 4.23. The van der Waals surface area contributed by atoms with Crippen LogP contribution in [0.15, 0.2) is 84.1 Å². The number of hydrogen-bond acceptors (Lipinski definition) is 6. The molecule has 30 heavy (non-hydrogen) atoms. The molecule has 0 fully saturated rings. The number of nitrogens with one attached hydrogen (secondary N) is 2. The minimum absolute atomic E-state index is 0.371. The predicted molar refractivity (Wildman–Crippen MR) is 122 cm³/mol. The zero-order chi connectivity index (χ0) is 20.8. The molecule has 0 unspecified atom stereocenters. The summed E-state index contributed by atoms with van der Waals surface area (Å²) in [4.78, 5) is 13.4. The first-order valence-corrected chi connectivity index (χ1v) is 9.72. The van der Waals surface area contributed by atoms with Crippen LogP contribution in [0.3, 0.4) is 0 Å². The van der Waals surface area contributed by atoms with Crippen LogP contribution in [0.4, 0.5) is 17.6 Å². The van der Waals surface area contributed by atoms with Gasteiger partial charge >= 0.3 is 0 Å². The molecule has 2 aromatic carbocycles. The van der Waals surface area contributed by atoms with Crippen LogP contribution in [-0.2, 0) is 0 Å². The second-order valence-electron chi connectivity index (χ2n) is 6.60. The van der Waals surface area contributed by atoms with Crippen molar-refractivity contribution in [1.82, 2.24) is 15.0 Å². The third-order valence-corrected chi connectivity index (χ3v) is 4.46. The van der Waals surface area contributed by atoms with Crippen LogP contribution in [0, 0.1) is 6.92 Å². The fourth-order valence-electron chi connectivity index (χ4n) is 2.72. The molecule has 6 nitrogen and oxygen atoms in total. The monoisotopic (exact) mass is 414 g/mol. The van der Waals surface area contributed by atoms with Crippen LogP contribution in [0.25, 0.3) is 11.3 Å². The van der Waals surface area contributed by atoms with E-state index in [2.05, 4.69) is 30.8 Å². The molecule has 0 saturated carbocycles. The number of hydrazone groups is 1. The summed E-state index contributed by atoms with van der Waals surface area (Å²) in [7, 11) is 0. The molecule has 148 valence electrons. The van der Waals surface area contributed by atoms with E-state index in [9.17, 15) is 0 Å². The third kappa shape index (κ3) is 5.18. The van der Waals surface area contributed by atoms with E-state index in [1.165, 1.54) is 5.56 Å². The summed E-state index contributed by atoms with van der Waals surface area (Å²) in [6.07, 6.45) is 3.31. The highest BCUT2D eigenvalue weighted by Crippen LogP contribution is 2.23. The van der Waals surface area contributed by atoms with Crippen molar-refractivity contribution in [3.8, 4) is 11.3 Å². The van der Waals surface area contributed by atoms with E-state index in [4.69, 9.17) is 11.6 Å². The molecule has 4 aromatic rings. The van der Waals surface area contributed by atoms with Gasteiger partial charge in [-0.15, -0.1) is 0 Å². The Labute approximate surface area is 179 Å². The Morgan fingerprint density at radius 3 is 2.43 bits per heavy atom. The predicted octanol–water partition coefficient (Wildman–Crippen LogP) is 5.69. The molecule has 0 spiro atoms. The van der Waals surface area contributed by atoms with Gasteiger partial charge in [0.25, 0.3) is 0 Å². The minimum atomic E-state index is 0.371. The second kappa shape index (κ2) is 9.15. The molecule has 2 heterocycles. The summed E-state index contributed by atoms with van der Waals surface area (Å²) >= 11 is 5.92. The molecule has 0 bridgehead atoms. The van der Waals surface area contributed by atoms with Crippen molar-refractivity contribution in [3.63, 3.8) is 0 Å². The van der Waals surface area contributed by atoms with Crippen LogP contribution >= 0.6 is 11.6 Å². The number of halogens is 1. The highest BCUT2D eigenvalue weighted by Gasteiger charge is 2.07. The highest BCUT2D eigenvalue weighted by molar-refractivity contribution is 6.30. The van der Waals surface area contributed by atoms with Crippen molar-refractivity contribution in [2.75, 3.05) is 10.7 Å². The number of benzene rings is 2. The van der Waals surface area contributed by atoms with Crippen LogP contribution in [0.2, 0.25) is 5.02 Å².